The first kappa shape index (κ1) is 17.0. The maximum absolute atomic E-state index is 12.5. The lowest BCUT2D eigenvalue weighted by Crippen LogP contribution is -2.25. The van der Waals surface area contributed by atoms with Crippen LogP contribution in [0.3, 0.4) is 0 Å². The zero-order chi connectivity index (χ0) is 18.1. The van der Waals surface area contributed by atoms with Crippen LogP contribution in [0.15, 0.2) is 54.6 Å². The molecule has 1 N–H and O–H groups in total. The van der Waals surface area contributed by atoms with E-state index in [1.807, 2.05) is 54.6 Å². The Morgan fingerprint density at radius 1 is 1.04 bits per heavy atom. The van der Waals surface area contributed by atoms with Gasteiger partial charge >= 0.3 is 0 Å². The van der Waals surface area contributed by atoms with Gasteiger partial charge in [-0.05, 0) is 23.1 Å². The summed E-state index contributed by atoms with van der Waals surface area (Å²) < 4.78 is 1.02. The summed E-state index contributed by atoms with van der Waals surface area (Å²) in [6.45, 7) is 0. The number of carbonyl (C=O) groups excluding carboxylic acids is 3. The van der Waals surface area contributed by atoms with Gasteiger partial charge in [-0.15, -0.1) is 11.3 Å². The number of thioether (sulfide) groups is 1. The van der Waals surface area contributed by atoms with Crippen molar-refractivity contribution in [3.63, 3.8) is 0 Å². The molecule has 130 valence electrons. The molecule has 0 bridgehead atoms. The second kappa shape index (κ2) is 7.05. The van der Waals surface area contributed by atoms with Gasteiger partial charge < -0.3 is 0 Å². The van der Waals surface area contributed by atoms with Gasteiger partial charge in [0.1, 0.15) is 0 Å². The maximum Gasteiger partial charge on any atom is 0.286 e. The lowest BCUT2D eigenvalue weighted by atomic mass is 10.0. The number of benzene rings is 2. The van der Waals surface area contributed by atoms with Crippen LogP contribution < -0.4 is 5.32 Å². The normalized spacial score (nSPS) is 16.8. The minimum absolute atomic E-state index is 0.0874. The van der Waals surface area contributed by atoms with E-state index < -0.39 is 0 Å². The molecule has 3 aromatic rings. The number of imide groups is 1. The average molecular weight is 381 g/mol. The molecule has 2 aromatic carbocycles. The molecule has 1 atom stereocenters. The summed E-state index contributed by atoms with van der Waals surface area (Å²) in [5.74, 6) is -0.138. The zero-order valence-corrected chi connectivity index (χ0v) is 15.4. The van der Waals surface area contributed by atoms with Gasteiger partial charge in [-0.25, -0.2) is 0 Å². The van der Waals surface area contributed by atoms with Gasteiger partial charge in [0, 0.05) is 28.0 Å². The Morgan fingerprint density at radius 2 is 1.85 bits per heavy atom. The largest absolute Gasteiger partial charge is 0.294 e. The van der Waals surface area contributed by atoms with E-state index in [4.69, 9.17) is 0 Å². The molecule has 1 aromatic heterocycles. The number of carbonyl (C=O) groups is 3. The third-order valence-corrected chi connectivity index (χ3v) is 6.36. The molecule has 0 aliphatic carbocycles. The molecule has 4 rings (SSSR count). The summed E-state index contributed by atoms with van der Waals surface area (Å²) in [6.07, 6.45) is 0.903. The van der Waals surface area contributed by atoms with E-state index in [2.05, 4.69) is 5.32 Å². The van der Waals surface area contributed by atoms with Gasteiger partial charge in [-0.2, -0.15) is 0 Å². The molecule has 0 saturated carbocycles. The Balaban J connectivity index is 1.53. The molecule has 2 amide bonds. The lowest BCUT2D eigenvalue weighted by Gasteiger charge is -2.02. The van der Waals surface area contributed by atoms with E-state index in [0.717, 1.165) is 32.3 Å². The standard InChI is InChI=1S/C20H15NO3S2/c22-16(8-12-4-2-1-3-5-12)13-6-7-14-9-15(25-17(14)10-13)11-18-19(23)21-20(24)26-18/h1-7,9-10,18H,8,11H2,(H,21,23,24). The van der Waals surface area contributed by atoms with Crippen molar-refractivity contribution >= 4 is 50.1 Å². The van der Waals surface area contributed by atoms with Crippen LogP contribution in [0.1, 0.15) is 20.8 Å². The van der Waals surface area contributed by atoms with Crippen molar-refractivity contribution in [1.82, 2.24) is 5.32 Å². The molecule has 1 aliphatic rings. The number of ketones is 1. The number of nitrogens with one attached hydrogen (secondary N) is 1. The highest BCUT2D eigenvalue weighted by Gasteiger charge is 2.31. The van der Waals surface area contributed by atoms with E-state index in [-0.39, 0.29) is 22.2 Å². The monoisotopic (exact) mass is 381 g/mol. The second-order valence-electron chi connectivity index (χ2n) is 6.14. The van der Waals surface area contributed by atoms with Gasteiger partial charge in [0.05, 0.1) is 5.25 Å². The van der Waals surface area contributed by atoms with Crippen molar-refractivity contribution in [3.05, 3.63) is 70.6 Å². The molecule has 2 heterocycles. The zero-order valence-electron chi connectivity index (χ0n) is 13.7. The van der Waals surface area contributed by atoms with Gasteiger partial charge in [0.15, 0.2) is 5.78 Å². The van der Waals surface area contributed by atoms with Crippen molar-refractivity contribution in [3.8, 4) is 0 Å². The van der Waals surface area contributed by atoms with Crippen LogP contribution in [0.2, 0.25) is 0 Å². The molecule has 26 heavy (non-hydrogen) atoms. The topological polar surface area (TPSA) is 63.2 Å². The first-order valence-electron chi connectivity index (χ1n) is 8.19. The Labute approximate surface area is 158 Å². The maximum atomic E-state index is 12.5. The van der Waals surface area contributed by atoms with E-state index in [1.165, 1.54) is 0 Å². The summed E-state index contributed by atoms with van der Waals surface area (Å²) >= 11 is 2.61. The van der Waals surface area contributed by atoms with Crippen LogP contribution in [0, 0.1) is 0 Å². The van der Waals surface area contributed by atoms with Gasteiger partial charge in [-0.3, -0.25) is 19.7 Å². The molecule has 0 spiro atoms. The first-order valence-corrected chi connectivity index (χ1v) is 9.89. The molecule has 0 radical (unpaired) electrons. The van der Waals surface area contributed by atoms with E-state index >= 15 is 0 Å². The predicted molar refractivity (Wildman–Crippen MR) is 105 cm³/mol. The van der Waals surface area contributed by atoms with Gasteiger partial charge in [0.25, 0.3) is 5.24 Å². The highest BCUT2D eigenvalue weighted by Crippen LogP contribution is 2.31. The summed E-state index contributed by atoms with van der Waals surface area (Å²) in [5.41, 5.74) is 1.69. The SMILES string of the molecule is O=C1NC(=O)C(Cc2cc3ccc(C(=O)Cc4ccccc4)cc3s2)S1. The Kier molecular flexibility index (Phi) is 4.61. The van der Waals surface area contributed by atoms with E-state index in [0.29, 0.717) is 18.4 Å². The number of fused-ring (bicyclic) bond motifs is 1. The number of hydrogen-bond donors (Lipinski definition) is 1. The third kappa shape index (κ3) is 3.57. The molecule has 6 heteroatoms. The van der Waals surface area contributed by atoms with Crippen LogP contribution >= 0.6 is 23.1 Å². The third-order valence-electron chi connectivity index (χ3n) is 4.25. The fourth-order valence-electron chi connectivity index (χ4n) is 2.95. The summed E-state index contributed by atoms with van der Waals surface area (Å²) in [7, 11) is 0. The Morgan fingerprint density at radius 3 is 2.58 bits per heavy atom. The minimum atomic E-state index is -0.366. The van der Waals surface area contributed by atoms with Crippen LogP contribution in [0.5, 0.6) is 0 Å². The molecule has 1 saturated heterocycles. The van der Waals surface area contributed by atoms with E-state index in [1.54, 1.807) is 11.3 Å². The minimum Gasteiger partial charge on any atom is -0.294 e. The molecular weight excluding hydrogens is 366 g/mol. The highest BCUT2D eigenvalue weighted by molar-refractivity contribution is 8.15. The van der Waals surface area contributed by atoms with E-state index in [9.17, 15) is 14.4 Å². The lowest BCUT2D eigenvalue weighted by molar-refractivity contribution is -0.118. The predicted octanol–water partition coefficient (Wildman–Crippen LogP) is 4.22. The number of thiophene rings is 1. The Hall–Kier alpha value is -2.44. The average Bonchev–Trinajstić information content (AvgIpc) is 3.17. The van der Waals surface area contributed by atoms with Gasteiger partial charge in [0.2, 0.25) is 5.91 Å². The summed E-state index contributed by atoms with van der Waals surface area (Å²) in [4.78, 5) is 36.6. The van der Waals surface area contributed by atoms with Crippen LogP contribution in [0.4, 0.5) is 4.79 Å². The number of amides is 2. The van der Waals surface area contributed by atoms with Crippen molar-refractivity contribution < 1.29 is 14.4 Å². The number of rotatable bonds is 5. The van der Waals surface area contributed by atoms with Gasteiger partial charge in [-0.1, -0.05) is 54.2 Å². The highest BCUT2D eigenvalue weighted by atomic mass is 32.2. The second-order valence-corrected chi connectivity index (χ2v) is 8.48. The molecule has 1 fully saturated rings. The smallest absolute Gasteiger partial charge is 0.286 e. The van der Waals surface area contributed by atoms with Crippen LogP contribution in [-0.4, -0.2) is 22.2 Å². The quantitative estimate of drug-likeness (QED) is 0.672. The van der Waals surface area contributed by atoms with Crippen molar-refractivity contribution in [2.24, 2.45) is 0 Å². The molecular formula is C20H15NO3S2. The first-order chi connectivity index (χ1) is 12.6. The number of hydrogen-bond acceptors (Lipinski definition) is 5. The van der Waals surface area contributed by atoms with Crippen molar-refractivity contribution in [2.75, 3.05) is 0 Å². The molecule has 4 nitrogen and oxygen atoms in total. The summed E-state index contributed by atoms with van der Waals surface area (Å²) in [6, 6.07) is 17.4. The fourth-order valence-corrected chi connectivity index (χ4v) is 5.06. The van der Waals surface area contributed by atoms with Crippen LogP contribution in [-0.2, 0) is 17.6 Å². The number of Topliss-reactive ketones (excluding diaryl/α,β-unsaturated/α-hetero) is 1. The summed E-state index contributed by atoms with van der Waals surface area (Å²) in [5, 5.41) is 2.72. The molecule has 1 unspecified atom stereocenters. The van der Waals surface area contributed by atoms with Crippen molar-refractivity contribution in [2.45, 2.75) is 18.1 Å². The Bertz CT molecular complexity index is 1010. The molecule has 1 aliphatic heterocycles. The van der Waals surface area contributed by atoms with Crippen molar-refractivity contribution in [1.29, 1.82) is 0 Å². The fraction of sp³-hybridized carbons (Fsp3) is 0.150. The van der Waals surface area contributed by atoms with Crippen LogP contribution in [0.25, 0.3) is 10.1 Å².